The van der Waals surface area contributed by atoms with E-state index in [1.54, 1.807) is 12.1 Å². The van der Waals surface area contributed by atoms with Crippen molar-refractivity contribution in [3.63, 3.8) is 0 Å². The van der Waals surface area contributed by atoms with E-state index in [0.717, 1.165) is 30.5 Å². The van der Waals surface area contributed by atoms with Crippen molar-refractivity contribution in [2.75, 3.05) is 5.73 Å². The topological polar surface area (TPSA) is 71.9 Å². The highest BCUT2D eigenvalue weighted by molar-refractivity contribution is 5.54. The molecule has 0 fully saturated rings. The summed E-state index contributed by atoms with van der Waals surface area (Å²) in [6.07, 6.45) is 3.02. The molecule has 0 amide bonds. The summed E-state index contributed by atoms with van der Waals surface area (Å²) in [6, 6.07) is 11.2. The zero-order chi connectivity index (χ0) is 13.2. The van der Waals surface area contributed by atoms with Gasteiger partial charge in [0.25, 0.3) is 0 Å². The Morgan fingerprint density at radius 2 is 2.11 bits per heavy atom. The summed E-state index contributed by atoms with van der Waals surface area (Å²) in [5, 5.41) is 9.20. The first-order valence-electron chi connectivity index (χ1n) is 6.23. The van der Waals surface area contributed by atoms with E-state index < -0.39 is 0 Å². The Balaban J connectivity index is 2.02. The number of hydrogen-bond donors (Lipinski definition) is 1. The number of rotatable bonds is 2. The summed E-state index contributed by atoms with van der Waals surface area (Å²) in [7, 11) is 0. The quantitative estimate of drug-likeness (QED) is 0.833. The van der Waals surface area contributed by atoms with Crippen LogP contribution in [0.2, 0.25) is 0 Å². The Hall–Kier alpha value is -2.54. The SMILES string of the molecule is N#Cc1cc2c(nc1Oc1ccccc1N)CCC2. The van der Waals surface area contributed by atoms with Crippen molar-refractivity contribution < 1.29 is 4.74 Å². The lowest BCUT2D eigenvalue weighted by Crippen LogP contribution is -1.99. The van der Waals surface area contributed by atoms with Crippen LogP contribution in [0, 0.1) is 11.3 Å². The molecular weight excluding hydrogens is 238 g/mol. The van der Waals surface area contributed by atoms with Crippen LogP contribution in [0.25, 0.3) is 0 Å². The number of fused-ring (bicyclic) bond motifs is 1. The molecule has 0 saturated carbocycles. The van der Waals surface area contributed by atoms with Gasteiger partial charge in [0.1, 0.15) is 11.6 Å². The number of nitrogens with zero attached hydrogens (tertiary/aromatic N) is 2. The third kappa shape index (κ3) is 2.11. The maximum Gasteiger partial charge on any atom is 0.237 e. The number of nitriles is 1. The maximum absolute atomic E-state index is 9.20. The molecule has 94 valence electrons. The number of para-hydroxylation sites is 2. The average Bonchev–Trinajstić information content (AvgIpc) is 2.87. The van der Waals surface area contributed by atoms with Crippen molar-refractivity contribution >= 4 is 5.69 Å². The van der Waals surface area contributed by atoms with Crippen LogP contribution in [0.3, 0.4) is 0 Å². The Morgan fingerprint density at radius 1 is 1.26 bits per heavy atom. The van der Waals surface area contributed by atoms with Crippen LogP contribution in [0.1, 0.15) is 23.2 Å². The van der Waals surface area contributed by atoms with Gasteiger partial charge in [0.2, 0.25) is 5.88 Å². The van der Waals surface area contributed by atoms with Crippen LogP contribution >= 0.6 is 0 Å². The first-order valence-corrected chi connectivity index (χ1v) is 6.23. The lowest BCUT2D eigenvalue weighted by Gasteiger charge is -2.10. The highest BCUT2D eigenvalue weighted by Crippen LogP contribution is 2.31. The summed E-state index contributed by atoms with van der Waals surface area (Å²) < 4.78 is 5.70. The number of nitrogens with two attached hydrogens (primary N) is 1. The Bertz CT molecular complexity index is 674. The van der Waals surface area contributed by atoms with Crippen molar-refractivity contribution in [2.24, 2.45) is 0 Å². The Kier molecular flexibility index (Phi) is 2.81. The molecule has 19 heavy (non-hydrogen) atoms. The zero-order valence-electron chi connectivity index (χ0n) is 10.4. The van der Waals surface area contributed by atoms with Gasteiger partial charge in [-0.2, -0.15) is 5.26 Å². The molecule has 4 heteroatoms. The van der Waals surface area contributed by atoms with Crippen LogP contribution in [0.5, 0.6) is 11.6 Å². The van der Waals surface area contributed by atoms with Crippen LogP contribution in [0.15, 0.2) is 30.3 Å². The first kappa shape index (κ1) is 11.5. The van der Waals surface area contributed by atoms with Crippen molar-refractivity contribution in [1.29, 1.82) is 5.26 Å². The summed E-state index contributed by atoms with van der Waals surface area (Å²) in [5.74, 6) is 0.880. The molecule has 0 bridgehead atoms. The predicted octanol–water partition coefficient (Wildman–Crippen LogP) is 2.82. The van der Waals surface area contributed by atoms with E-state index >= 15 is 0 Å². The minimum atomic E-state index is 0.348. The average molecular weight is 251 g/mol. The van der Waals surface area contributed by atoms with Gasteiger partial charge in [-0.05, 0) is 43.0 Å². The standard InChI is InChI=1S/C15H13N3O/c16-9-11-8-10-4-3-6-13(10)18-15(11)19-14-7-2-1-5-12(14)17/h1-2,5,7-8H,3-4,6,17H2. The summed E-state index contributed by atoms with van der Waals surface area (Å²) in [5.41, 5.74) is 9.02. The monoisotopic (exact) mass is 251 g/mol. The van der Waals surface area contributed by atoms with Gasteiger partial charge in [0.15, 0.2) is 5.75 Å². The number of aromatic nitrogens is 1. The molecule has 0 spiro atoms. The van der Waals surface area contributed by atoms with Gasteiger partial charge in [0, 0.05) is 5.69 Å². The Labute approximate surface area is 111 Å². The van der Waals surface area contributed by atoms with E-state index in [2.05, 4.69) is 11.1 Å². The fraction of sp³-hybridized carbons (Fsp3) is 0.200. The van der Waals surface area contributed by atoms with Crippen LogP contribution < -0.4 is 10.5 Å². The van der Waals surface area contributed by atoms with Gasteiger partial charge in [0.05, 0.1) is 5.69 Å². The molecule has 1 aromatic carbocycles. The molecule has 0 saturated heterocycles. The van der Waals surface area contributed by atoms with E-state index in [9.17, 15) is 5.26 Å². The molecule has 0 unspecified atom stereocenters. The number of aryl methyl sites for hydroxylation is 2. The van der Waals surface area contributed by atoms with Crippen LogP contribution in [-0.4, -0.2) is 4.98 Å². The number of anilines is 1. The summed E-state index contributed by atoms with van der Waals surface area (Å²) in [6.45, 7) is 0. The van der Waals surface area contributed by atoms with E-state index in [-0.39, 0.29) is 0 Å². The first-order chi connectivity index (χ1) is 9.28. The second-order valence-corrected chi connectivity index (χ2v) is 4.55. The lowest BCUT2D eigenvalue weighted by atomic mass is 10.1. The number of nitrogen functional groups attached to an aromatic ring is 1. The van der Waals surface area contributed by atoms with Crippen molar-refractivity contribution in [3.05, 3.63) is 47.2 Å². The second kappa shape index (κ2) is 4.62. The third-order valence-corrected chi connectivity index (χ3v) is 3.26. The molecule has 2 aromatic rings. The predicted molar refractivity (Wildman–Crippen MR) is 71.9 cm³/mol. The molecule has 4 nitrogen and oxygen atoms in total. The molecule has 1 aliphatic rings. The number of benzene rings is 1. The lowest BCUT2D eigenvalue weighted by molar-refractivity contribution is 0.461. The fourth-order valence-corrected chi connectivity index (χ4v) is 2.29. The van der Waals surface area contributed by atoms with Crippen LogP contribution in [-0.2, 0) is 12.8 Å². The molecule has 3 rings (SSSR count). The summed E-state index contributed by atoms with van der Waals surface area (Å²) in [4.78, 5) is 4.46. The van der Waals surface area contributed by atoms with Gasteiger partial charge in [-0.25, -0.2) is 4.98 Å². The molecule has 0 aliphatic heterocycles. The molecule has 1 aromatic heterocycles. The fourth-order valence-electron chi connectivity index (χ4n) is 2.29. The van der Waals surface area contributed by atoms with Crippen molar-refractivity contribution in [1.82, 2.24) is 4.98 Å². The molecular formula is C15H13N3O. The van der Waals surface area contributed by atoms with E-state index in [1.807, 2.05) is 18.2 Å². The van der Waals surface area contributed by atoms with Crippen molar-refractivity contribution in [3.8, 4) is 17.7 Å². The number of pyridine rings is 1. The smallest absolute Gasteiger partial charge is 0.237 e. The van der Waals surface area contributed by atoms with Gasteiger partial charge in [-0.15, -0.1) is 0 Å². The Morgan fingerprint density at radius 3 is 2.89 bits per heavy atom. The van der Waals surface area contributed by atoms with E-state index in [0.29, 0.717) is 22.9 Å². The normalized spacial score (nSPS) is 12.8. The number of ether oxygens (including phenoxy) is 1. The van der Waals surface area contributed by atoms with Gasteiger partial charge in [-0.1, -0.05) is 12.1 Å². The number of hydrogen-bond acceptors (Lipinski definition) is 4. The molecule has 1 aliphatic carbocycles. The van der Waals surface area contributed by atoms with Gasteiger partial charge in [-0.3, -0.25) is 0 Å². The van der Waals surface area contributed by atoms with E-state index in [1.165, 1.54) is 0 Å². The zero-order valence-corrected chi connectivity index (χ0v) is 10.4. The van der Waals surface area contributed by atoms with Crippen LogP contribution in [0.4, 0.5) is 5.69 Å². The minimum absolute atomic E-state index is 0.348. The second-order valence-electron chi connectivity index (χ2n) is 4.55. The van der Waals surface area contributed by atoms with E-state index in [4.69, 9.17) is 10.5 Å². The highest BCUT2D eigenvalue weighted by atomic mass is 16.5. The molecule has 1 heterocycles. The summed E-state index contributed by atoms with van der Waals surface area (Å²) >= 11 is 0. The minimum Gasteiger partial charge on any atom is -0.436 e. The van der Waals surface area contributed by atoms with Gasteiger partial charge >= 0.3 is 0 Å². The highest BCUT2D eigenvalue weighted by Gasteiger charge is 2.18. The van der Waals surface area contributed by atoms with Crippen molar-refractivity contribution in [2.45, 2.75) is 19.3 Å². The largest absolute Gasteiger partial charge is 0.436 e. The molecule has 0 radical (unpaired) electrons. The maximum atomic E-state index is 9.20. The third-order valence-electron chi connectivity index (χ3n) is 3.26. The van der Waals surface area contributed by atoms with Gasteiger partial charge < -0.3 is 10.5 Å². The molecule has 0 atom stereocenters. The molecule has 2 N–H and O–H groups in total.